The van der Waals surface area contributed by atoms with Gasteiger partial charge < -0.3 is 5.11 Å². The number of phenolic OH excluding ortho intramolecular Hbond substituents is 1. The molecule has 3 heteroatoms. The second kappa shape index (κ2) is 5.14. The number of piperidine rings is 1. The highest BCUT2D eigenvalue weighted by atomic mass is 32.2. The van der Waals surface area contributed by atoms with Crippen LogP contribution in [0.15, 0.2) is 23.1 Å². The molecule has 1 aromatic rings. The molecule has 0 unspecified atom stereocenters. The van der Waals surface area contributed by atoms with E-state index in [1.807, 2.05) is 23.9 Å². The number of likely N-dealkylation sites (tertiary alicyclic amines) is 1. The molecule has 1 saturated heterocycles. The molecule has 0 aliphatic carbocycles. The summed E-state index contributed by atoms with van der Waals surface area (Å²) < 4.78 is 0. The molecule has 1 aromatic carbocycles. The molecule has 2 nitrogen and oxygen atoms in total. The zero-order valence-electron chi connectivity index (χ0n) is 10.9. The Morgan fingerprint density at radius 3 is 3.17 bits per heavy atom. The maximum Gasteiger partial charge on any atom is 0.115 e. The molecule has 2 atom stereocenters. The van der Waals surface area contributed by atoms with Crippen molar-refractivity contribution in [3.8, 4) is 5.75 Å². The number of benzene rings is 1. The lowest BCUT2D eigenvalue weighted by atomic mass is 9.83. The molecule has 0 amide bonds. The van der Waals surface area contributed by atoms with Crippen LogP contribution in [-0.4, -0.2) is 34.9 Å². The highest BCUT2D eigenvalue weighted by molar-refractivity contribution is 7.99. The maximum absolute atomic E-state index is 9.72. The fourth-order valence-electron chi connectivity index (χ4n) is 3.41. The summed E-state index contributed by atoms with van der Waals surface area (Å²) in [6.07, 6.45) is 3.81. The summed E-state index contributed by atoms with van der Waals surface area (Å²) in [6.45, 7) is 4.74. The van der Waals surface area contributed by atoms with Gasteiger partial charge in [0, 0.05) is 22.6 Å². The lowest BCUT2D eigenvalue weighted by Crippen LogP contribution is -2.47. The van der Waals surface area contributed by atoms with Gasteiger partial charge in [-0.1, -0.05) is 6.92 Å². The van der Waals surface area contributed by atoms with Crippen LogP contribution < -0.4 is 0 Å². The summed E-state index contributed by atoms with van der Waals surface area (Å²) in [7, 11) is 0. The standard InChI is InChI=1S/C15H21NOS/c1-2-7-16-8-3-4-12-13-9-11(17)5-6-15(13)18-10-14(12)16/h5-6,9,12,14,17H,2-4,7-8,10H2,1H3/t12-,14+/m0/s1. The fraction of sp³-hybridized carbons (Fsp3) is 0.600. The highest BCUT2D eigenvalue weighted by Crippen LogP contribution is 2.45. The first-order valence-corrected chi connectivity index (χ1v) is 7.98. The largest absolute Gasteiger partial charge is 0.508 e. The Morgan fingerprint density at radius 1 is 1.44 bits per heavy atom. The van der Waals surface area contributed by atoms with E-state index in [2.05, 4.69) is 17.9 Å². The average molecular weight is 263 g/mol. The first-order valence-electron chi connectivity index (χ1n) is 6.99. The molecule has 0 bridgehead atoms. The van der Waals surface area contributed by atoms with Gasteiger partial charge in [0.05, 0.1) is 0 Å². The fourth-order valence-corrected chi connectivity index (χ4v) is 4.74. The van der Waals surface area contributed by atoms with Crippen molar-refractivity contribution in [1.29, 1.82) is 0 Å². The van der Waals surface area contributed by atoms with Gasteiger partial charge in [0.25, 0.3) is 0 Å². The Kier molecular flexibility index (Phi) is 3.53. The molecule has 3 rings (SSSR count). The quantitative estimate of drug-likeness (QED) is 0.884. The Labute approximate surface area is 113 Å². The minimum atomic E-state index is 0.419. The van der Waals surface area contributed by atoms with Crippen molar-refractivity contribution in [2.24, 2.45) is 0 Å². The Hall–Kier alpha value is -0.670. The zero-order valence-corrected chi connectivity index (χ0v) is 11.7. The predicted octanol–water partition coefficient (Wildman–Crippen LogP) is 3.46. The second-order valence-electron chi connectivity index (χ2n) is 5.39. The van der Waals surface area contributed by atoms with Crippen molar-refractivity contribution in [1.82, 2.24) is 4.90 Å². The van der Waals surface area contributed by atoms with E-state index in [0.717, 1.165) is 0 Å². The van der Waals surface area contributed by atoms with Gasteiger partial charge >= 0.3 is 0 Å². The number of phenols is 1. The van der Waals surface area contributed by atoms with Gasteiger partial charge in [0.15, 0.2) is 0 Å². The SMILES string of the molecule is CCCN1CCC[C@H]2c3cc(O)ccc3SC[C@H]21. The van der Waals surface area contributed by atoms with E-state index in [1.54, 1.807) is 0 Å². The minimum Gasteiger partial charge on any atom is -0.508 e. The molecule has 2 aliphatic rings. The smallest absolute Gasteiger partial charge is 0.115 e. The van der Waals surface area contributed by atoms with Crippen molar-refractivity contribution in [2.75, 3.05) is 18.8 Å². The van der Waals surface area contributed by atoms with E-state index in [9.17, 15) is 5.11 Å². The number of hydrogen-bond acceptors (Lipinski definition) is 3. The molecule has 0 aromatic heterocycles. The molecule has 1 N–H and O–H groups in total. The number of aromatic hydroxyl groups is 1. The van der Waals surface area contributed by atoms with Crippen LogP contribution in [0.3, 0.4) is 0 Å². The van der Waals surface area contributed by atoms with Crippen molar-refractivity contribution < 1.29 is 5.11 Å². The number of fused-ring (bicyclic) bond motifs is 3. The molecule has 98 valence electrons. The third-order valence-electron chi connectivity index (χ3n) is 4.21. The maximum atomic E-state index is 9.72. The molecule has 2 aliphatic heterocycles. The Morgan fingerprint density at radius 2 is 2.33 bits per heavy atom. The molecular formula is C15H21NOS. The first-order chi connectivity index (χ1) is 8.79. The van der Waals surface area contributed by atoms with Crippen LogP contribution in [0.5, 0.6) is 5.75 Å². The topological polar surface area (TPSA) is 23.5 Å². The van der Waals surface area contributed by atoms with Crippen LogP contribution in [0, 0.1) is 0 Å². The van der Waals surface area contributed by atoms with Crippen molar-refractivity contribution in [2.45, 2.75) is 43.0 Å². The molecule has 0 spiro atoms. The monoisotopic (exact) mass is 263 g/mol. The van der Waals surface area contributed by atoms with E-state index in [4.69, 9.17) is 0 Å². The number of thioether (sulfide) groups is 1. The first kappa shape index (κ1) is 12.4. The zero-order chi connectivity index (χ0) is 12.5. The molecular weight excluding hydrogens is 242 g/mol. The van der Waals surface area contributed by atoms with Gasteiger partial charge in [-0.15, -0.1) is 11.8 Å². The number of hydrogen-bond donors (Lipinski definition) is 1. The van der Waals surface area contributed by atoms with Gasteiger partial charge in [-0.05, 0) is 56.1 Å². The van der Waals surface area contributed by atoms with Gasteiger partial charge in [0.2, 0.25) is 0 Å². The van der Waals surface area contributed by atoms with Gasteiger partial charge in [0.1, 0.15) is 5.75 Å². The lowest BCUT2D eigenvalue weighted by Gasteiger charge is -2.44. The summed E-state index contributed by atoms with van der Waals surface area (Å²) in [5, 5.41) is 9.72. The Bertz CT molecular complexity index is 433. The minimum absolute atomic E-state index is 0.419. The van der Waals surface area contributed by atoms with Gasteiger partial charge in [-0.25, -0.2) is 0 Å². The van der Waals surface area contributed by atoms with Crippen molar-refractivity contribution in [3.63, 3.8) is 0 Å². The van der Waals surface area contributed by atoms with Crippen LogP contribution in [0.25, 0.3) is 0 Å². The van der Waals surface area contributed by atoms with Crippen LogP contribution in [0.1, 0.15) is 37.7 Å². The third-order valence-corrected chi connectivity index (χ3v) is 5.40. The number of rotatable bonds is 2. The summed E-state index contributed by atoms with van der Waals surface area (Å²) in [6, 6.07) is 6.58. The van der Waals surface area contributed by atoms with E-state index < -0.39 is 0 Å². The van der Waals surface area contributed by atoms with Crippen molar-refractivity contribution >= 4 is 11.8 Å². The average Bonchev–Trinajstić information content (AvgIpc) is 2.39. The van der Waals surface area contributed by atoms with Crippen LogP contribution in [0.4, 0.5) is 0 Å². The molecule has 0 saturated carbocycles. The molecule has 1 fully saturated rings. The molecule has 18 heavy (non-hydrogen) atoms. The lowest BCUT2D eigenvalue weighted by molar-refractivity contribution is 0.139. The number of nitrogens with zero attached hydrogens (tertiary/aromatic N) is 1. The molecule has 2 heterocycles. The third kappa shape index (κ3) is 2.14. The summed E-state index contributed by atoms with van der Waals surface area (Å²) in [5.74, 6) is 2.26. The van der Waals surface area contributed by atoms with Crippen LogP contribution in [0.2, 0.25) is 0 Å². The van der Waals surface area contributed by atoms with Crippen molar-refractivity contribution in [3.05, 3.63) is 23.8 Å². The van der Waals surface area contributed by atoms with E-state index in [-0.39, 0.29) is 0 Å². The van der Waals surface area contributed by atoms with Gasteiger partial charge in [-0.3, -0.25) is 4.90 Å². The molecule has 0 radical (unpaired) electrons. The van der Waals surface area contributed by atoms with Crippen LogP contribution >= 0.6 is 11.8 Å². The second-order valence-corrected chi connectivity index (χ2v) is 6.45. The van der Waals surface area contributed by atoms with Gasteiger partial charge in [-0.2, -0.15) is 0 Å². The summed E-state index contributed by atoms with van der Waals surface area (Å²) in [5.41, 5.74) is 1.39. The Balaban J connectivity index is 1.91. The summed E-state index contributed by atoms with van der Waals surface area (Å²) in [4.78, 5) is 4.04. The van der Waals surface area contributed by atoms with E-state index in [1.165, 1.54) is 48.6 Å². The van der Waals surface area contributed by atoms with E-state index in [0.29, 0.717) is 17.7 Å². The van der Waals surface area contributed by atoms with Crippen LogP contribution in [-0.2, 0) is 0 Å². The summed E-state index contributed by atoms with van der Waals surface area (Å²) >= 11 is 1.96. The normalized spacial score (nSPS) is 27.6. The highest BCUT2D eigenvalue weighted by Gasteiger charge is 2.36. The predicted molar refractivity (Wildman–Crippen MR) is 76.5 cm³/mol. The van der Waals surface area contributed by atoms with E-state index >= 15 is 0 Å².